The second-order valence-corrected chi connectivity index (χ2v) is 7.05. The molecule has 0 aromatic carbocycles. The van der Waals surface area contributed by atoms with Crippen LogP contribution in [-0.4, -0.2) is 30.8 Å². The molecule has 1 aliphatic rings. The Labute approximate surface area is 119 Å². The van der Waals surface area contributed by atoms with E-state index < -0.39 is 10.0 Å². The van der Waals surface area contributed by atoms with Gasteiger partial charge in [-0.25, -0.2) is 18.1 Å². The first kappa shape index (κ1) is 14.8. The minimum atomic E-state index is -3.48. The molecule has 2 unspecified atom stereocenters. The molecule has 1 aromatic heterocycles. The fourth-order valence-corrected chi connectivity index (χ4v) is 3.98. The molecule has 5 nitrogen and oxygen atoms in total. The van der Waals surface area contributed by atoms with E-state index in [0.29, 0.717) is 36.5 Å². The number of halogens is 1. The molecular weight excluding hydrogens is 286 g/mol. The highest BCUT2D eigenvalue weighted by molar-refractivity contribution is 7.89. The van der Waals surface area contributed by atoms with E-state index in [0.717, 1.165) is 19.3 Å². The first-order valence-electron chi connectivity index (χ1n) is 6.66. The molecule has 108 valence electrons. The molecule has 0 bridgehead atoms. The normalized spacial score (nSPS) is 23.9. The largest absolute Gasteiger partial charge is 0.332 e. The van der Waals surface area contributed by atoms with E-state index >= 15 is 0 Å². The van der Waals surface area contributed by atoms with Crippen molar-refractivity contribution >= 4 is 21.6 Å². The van der Waals surface area contributed by atoms with Crippen LogP contribution in [0.3, 0.4) is 0 Å². The third-order valence-corrected chi connectivity index (χ3v) is 5.51. The highest BCUT2D eigenvalue weighted by Gasteiger charge is 2.28. The van der Waals surface area contributed by atoms with Crippen molar-refractivity contribution in [3.8, 4) is 0 Å². The van der Waals surface area contributed by atoms with Crippen molar-refractivity contribution < 1.29 is 8.42 Å². The smallest absolute Gasteiger partial charge is 0.257 e. The average molecular weight is 306 g/mol. The molecule has 0 saturated heterocycles. The summed E-state index contributed by atoms with van der Waals surface area (Å²) in [5, 5.41) is 0.143. The van der Waals surface area contributed by atoms with Crippen LogP contribution in [0.15, 0.2) is 11.2 Å². The number of hydrogen-bond acceptors (Lipinski definition) is 3. The highest BCUT2D eigenvalue weighted by Crippen LogP contribution is 2.32. The predicted octanol–water partition coefficient (Wildman–Crippen LogP) is 1.91. The lowest BCUT2D eigenvalue weighted by atomic mass is 9.98. The third kappa shape index (κ3) is 3.49. The fraction of sp³-hybridized carbons (Fsp3) is 0.750. The van der Waals surface area contributed by atoms with Gasteiger partial charge in [0.2, 0.25) is 0 Å². The van der Waals surface area contributed by atoms with Crippen LogP contribution in [0.25, 0.3) is 0 Å². The van der Waals surface area contributed by atoms with Crippen molar-refractivity contribution in [1.29, 1.82) is 0 Å². The lowest BCUT2D eigenvalue weighted by molar-refractivity contribution is 0.418. The second kappa shape index (κ2) is 6.24. The number of nitrogens with one attached hydrogen (secondary N) is 2. The minimum absolute atomic E-state index is 0.143. The van der Waals surface area contributed by atoms with Crippen LogP contribution < -0.4 is 4.72 Å². The predicted molar refractivity (Wildman–Crippen MR) is 74.7 cm³/mol. The number of H-pyrrole nitrogens is 1. The number of aromatic nitrogens is 2. The van der Waals surface area contributed by atoms with Crippen molar-refractivity contribution in [1.82, 2.24) is 14.7 Å². The summed E-state index contributed by atoms with van der Waals surface area (Å²) in [5.74, 6) is 2.06. The summed E-state index contributed by atoms with van der Waals surface area (Å²) in [6.45, 7) is 2.38. The van der Waals surface area contributed by atoms with Gasteiger partial charge in [-0.3, -0.25) is 0 Å². The van der Waals surface area contributed by atoms with Crippen molar-refractivity contribution in [2.45, 2.75) is 37.6 Å². The van der Waals surface area contributed by atoms with Gasteiger partial charge in [0.1, 0.15) is 5.82 Å². The van der Waals surface area contributed by atoms with Crippen LogP contribution in [0.5, 0.6) is 0 Å². The topological polar surface area (TPSA) is 74.8 Å². The summed E-state index contributed by atoms with van der Waals surface area (Å²) in [6, 6.07) is 0. The second-order valence-electron chi connectivity index (χ2n) is 5.00. The van der Waals surface area contributed by atoms with Crippen LogP contribution in [0.2, 0.25) is 0 Å². The maximum atomic E-state index is 12.1. The van der Waals surface area contributed by atoms with E-state index in [1.165, 1.54) is 6.20 Å². The maximum absolute atomic E-state index is 12.1. The van der Waals surface area contributed by atoms with Gasteiger partial charge >= 0.3 is 0 Å². The Morgan fingerprint density at radius 3 is 2.84 bits per heavy atom. The number of imidazole rings is 1. The molecule has 2 atom stereocenters. The standard InChI is InChI=1S/C12H20ClN3O2S/c1-2-11-14-8-12(16-11)19(17,18)15-7-10-5-3-4-9(10)6-13/h8-10,15H,2-7H2,1H3,(H,14,16). The van der Waals surface area contributed by atoms with Gasteiger partial charge in [0.15, 0.2) is 5.03 Å². The van der Waals surface area contributed by atoms with Crippen LogP contribution in [0.4, 0.5) is 0 Å². The van der Waals surface area contributed by atoms with Gasteiger partial charge in [-0.15, -0.1) is 11.6 Å². The Hall–Kier alpha value is -0.590. The summed E-state index contributed by atoms with van der Waals surface area (Å²) in [4.78, 5) is 6.83. The van der Waals surface area contributed by atoms with Gasteiger partial charge in [-0.2, -0.15) is 0 Å². The molecule has 0 radical (unpaired) electrons. The van der Waals surface area contributed by atoms with Crippen LogP contribution >= 0.6 is 11.6 Å². The molecule has 0 spiro atoms. The van der Waals surface area contributed by atoms with Crippen molar-refractivity contribution in [2.24, 2.45) is 11.8 Å². The Morgan fingerprint density at radius 1 is 1.47 bits per heavy atom. The Bertz CT molecular complexity index is 515. The van der Waals surface area contributed by atoms with Gasteiger partial charge in [0, 0.05) is 18.8 Å². The number of aryl methyl sites for hydroxylation is 1. The summed E-state index contributed by atoms with van der Waals surface area (Å²) >= 11 is 5.90. The molecule has 0 aliphatic heterocycles. The number of sulfonamides is 1. The average Bonchev–Trinajstić information content (AvgIpc) is 3.05. The third-order valence-electron chi connectivity index (χ3n) is 3.78. The van der Waals surface area contributed by atoms with Gasteiger partial charge < -0.3 is 4.98 Å². The van der Waals surface area contributed by atoms with Crippen LogP contribution in [0, 0.1) is 11.8 Å². The van der Waals surface area contributed by atoms with Gasteiger partial charge in [-0.05, 0) is 24.7 Å². The summed E-state index contributed by atoms with van der Waals surface area (Å²) < 4.78 is 26.9. The fourth-order valence-electron chi connectivity index (χ4n) is 2.54. The number of hydrogen-bond donors (Lipinski definition) is 2. The molecular formula is C12H20ClN3O2S. The summed E-state index contributed by atoms with van der Waals surface area (Å²) in [5.41, 5.74) is 0. The molecule has 1 aromatic rings. The molecule has 0 amide bonds. The van der Waals surface area contributed by atoms with E-state index in [4.69, 9.17) is 11.6 Å². The zero-order valence-corrected chi connectivity index (χ0v) is 12.6. The molecule has 19 heavy (non-hydrogen) atoms. The van der Waals surface area contributed by atoms with Crippen molar-refractivity contribution in [2.75, 3.05) is 12.4 Å². The Balaban J connectivity index is 1.97. The number of rotatable bonds is 6. The van der Waals surface area contributed by atoms with E-state index in [9.17, 15) is 8.42 Å². The van der Waals surface area contributed by atoms with Crippen LogP contribution in [0.1, 0.15) is 32.0 Å². The monoisotopic (exact) mass is 305 g/mol. The lowest BCUT2D eigenvalue weighted by Gasteiger charge is -2.17. The summed E-state index contributed by atoms with van der Waals surface area (Å²) in [6.07, 6.45) is 5.33. The zero-order valence-electron chi connectivity index (χ0n) is 11.0. The maximum Gasteiger partial charge on any atom is 0.257 e. The molecule has 1 fully saturated rings. The van der Waals surface area contributed by atoms with E-state index in [1.807, 2.05) is 6.92 Å². The number of alkyl halides is 1. The molecule has 2 N–H and O–H groups in total. The van der Waals surface area contributed by atoms with Gasteiger partial charge in [-0.1, -0.05) is 13.3 Å². The van der Waals surface area contributed by atoms with E-state index in [1.54, 1.807) is 0 Å². The van der Waals surface area contributed by atoms with E-state index in [2.05, 4.69) is 14.7 Å². The Kier molecular flexibility index (Phi) is 4.86. The summed E-state index contributed by atoms with van der Waals surface area (Å²) in [7, 11) is -3.48. The van der Waals surface area contributed by atoms with Gasteiger partial charge in [0.05, 0.1) is 6.20 Å². The molecule has 1 aliphatic carbocycles. The number of aromatic amines is 1. The van der Waals surface area contributed by atoms with Crippen LogP contribution in [-0.2, 0) is 16.4 Å². The molecule has 1 saturated carbocycles. The van der Waals surface area contributed by atoms with Crippen molar-refractivity contribution in [3.05, 3.63) is 12.0 Å². The SMILES string of the molecule is CCc1ncc(S(=O)(=O)NCC2CCCC2CCl)[nH]1. The minimum Gasteiger partial charge on any atom is -0.332 e. The highest BCUT2D eigenvalue weighted by atomic mass is 35.5. The molecule has 1 heterocycles. The molecule has 2 rings (SSSR count). The number of nitrogens with zero attached hydrogens (tertiary/aromatic N) is 1. The van der Waals surface area contributed by atoms with Gasteiger partial charge in [0.25, 0.3) is 10.0 Å². The quantitative estimate of drug-likeness (QED) is 0.788. The molecule has 7 heteroatoms. The van der Waals surface area contributed by atoms with E-state index in [-0.39, 0.29) is 5.03 Å². The first-order chi connectivity index (χ1) is 9.06. The van der Waals surface area contributed by atoms with Crippen molar-refractivity contribution in [3.63, 3.8) is 0 Å². The Morgan fingerprint density at radius 2 is 2.21 bits per heavy atom. The first-order valence-corrected chi connectivity index (χ1v) is 8.68. The lowest BCUT2D eigenvalue weighted by Crippen LogP contribution is -2.31. The zero-order chi connectivity index (χ0) is 13.9.